The van der Waals surface area contributed by atoms with Gasteiger partial charge in [-0.15, -0.1) is 0 Å². The predicted molar refractivity (Wildman–Crippen MR) is 73.9 cm³/mol. The van der Waals surface area contributed by atoms with Crippen molar-refractivity contribution in [2.45, 2.75) is 25.7 Å². The molecule has 0 radical (unpaired) electrons. The highest BCUT2D eigenvalue weighted by Gasteiger charge is 2.19. The van der Waals surface area contributed by atoms with Gasteiger partial charge in [0.05, 0.1) is 0 Å². The molecular weight excluding hydrogens is 243 g/mol. The number of carbonyl (C=O) groups is 1. The van der Waals surface area contributed by atoms with E-state index in [1.165, 1.54) is 6.07 Å². The minimum absolute atomic E-state index is 0.114. The Bertz CT molecular complexity index is 455. The monoisotopic (exact) mass is 264 g/mol. The molecule has 1 saturated heterocycles. The van der Waals surface area contributed by atoms with Crippen LogP contribution in [0.2, 0.25) is 0 Å². The first-order valence-corrected chi connectivity index (χ1v) is 6.88. The lowest BCUT2D eigenvalue weighted by Gasteiger charge is -2.24. The van der Waals surface area contributed by atoms with Crippen LogP contribution in [0.3, 0.4) is 0 Å². The smallest absolute Gasteiger partial charge is 0.253 e. The molecule has 0 unspecified atom stereocenters. The summed E-state index contributed by atoms with van der Waals surface area (Å²) in [4.78, 5) is 13.7. The van der Waals surface area contributed by atoms with Gasteiger partial charge in [0, 0.05) is 19.2 Å². The third-order valence-corrected chi connectivity index (χ3v) is 3.80. The fourth-order valence-corrected chi connectivity index (χ4v) is 2.49. The van der Waals surface area contributed by atoms with Gasteiger partial charge in [0.1, 0.15) is 5.82 Å². The van der Waals surface area contributed by atoms with Crippen LogP contribution < -0.4 is 5.32 Å². The summed E-state index contributed by atoms with van der Waals surface area (Å²) in [5.41, 5.74) is 1.41. The van der Waals surface area contributed by atoms with Crippen LogP contribution in [0.15, 0.2) is 18.2 Å². The van der Waals surface area contributed by atoms with E-state index < -0.39 is 0 Å². The summed E-state index contributed by atoms with van der Waals surface area (Å²) in [5, 5.41) is 3.29. The van der Waals surface area contributed by atoms with Gasteiger partial charge in [-0.2, -0.15) is 0 Å². The van der Waals surface area contributed by atoms with Crippen LogP contribution >= 0.6 is 0 Å². The van der Waals surface area contributed by atoms with Crippen molar-refractivity contribution in [2.24, 2.45) is 0 Å². The highest BCUT2D eigenvalue weighted by atomic mass is 19.1. The van der Waals surface area contributed by atoms with Gasteiger partial charge in [-0.1, -0.05) is 0 Å². The number of nitrogens with zero attached hydrogens (tertiary/aromatic N) is 1. The van der Waals surface area contributed by atoms with E-state index in [2.05, 4.69) is 5.32 Å². The Morgan fingerprint density at radius 2 is 2.05 bits per heavy atom. The van der Waals surface area contributed by atoms with Crippen LogP contribution in [0.5, 0.6) is 0 Å². The second-order valence-corrected chi connectivity index (χ2v) is 5.12. The lowest BCUT2D eigenvalue weighted by molar-refractivity contribution is 0.0802. The first kappa shape index (κ1) is 14.0. The number of carbonyl (C=O) groups excluding carboxylic acids is 1. The van der Waals surface area contributed by atoms with Crippen molar-refractivity contribution in [3.8, 4) is 0 Å². The highest BCUT2D eigenvalue weighted by molar-refractivity contribution is 5.94. The van der Waals surface area contributed by atoms with E-state index in [-0.39, 0.29) is 11.7 Å². The number of hydrogen-bond donors (Lipinski definition) is 1. The molecule has 1 aliphatic heterocycles. The molecule has 0 bridgehead atoms. The predicted octanol–water partition coefficient (Wildman–Crippen LogP) is 2.38. The first-order chi connectivity index (χ1) is 9.11. The van der Waals surface area contributed by atoms with Gasteiger partial charge in [0.25, 0.3) is 5.91 Å². The van der Waals surface area contributed by atoms with E-state index in [1.54, 1.807) is 18.0 Å². The molecule has 19 heavy (non-hydrogen) atoms. The Morgan fingerprint density at radius 3 is 2.68 bits per heavy atom. The van der Waals surface area contributed by atoms with Crippen molar-refractivity contribution in [3.05, 3.63) is 35.1 Å². The molecule has 1 fully saturated rings. The molecule has 4 heteroatoms. The van der Waals surface area contributed by atoms with Gasteiger partial charge in [0.2, 0.25) is 0 Å². The molecule has 0 aliphatic carbocycles. The molecule has 1 aliphatic rings. The van der Waals surface area contributed by atoms with Crippen molar-refractivity contribution in [2.75, 3.05) is 26.7 Å². The number of rotatable bonds is 3. The third kappa shape index (κ3) is 3.32. The van der Waals surface area contributed by atoms with Crippen LogP contribution in [0.25, 0.3) is 0 Å². The molecule has 0 atom stereocenters. The summed E-state index contributed by atoms with van der Waals surface area (Å²) < 4.78 is 13.7. The SMILES string of the molecule is CCN(C)C(=O)c1cc(F)cc(C2CCNCC2)c1. The fourth-order valence-electron chi connectivity index (χ4n) is 2.49. The summed E-state index contributed by atoms with van der Waals surface area (Å²) in [6, 6.07) is 4.76. The number of hydrogen-bond acceptors (Lipinski definition) is 2. The summed E-state index contributed by atoms with van der Waals surface area (Å²) in [6.07, 6.45) is 2.00. The van der Waals surface area contributed by atoms with Gasteiger partial charge in [-0.05, 0) is 62.5 Å². The fraction of sp³-hybridized carbons (Fsp3) is 0.533. The first-order valence-electron chi connectivity index (χ1n) is 6.88. The largest absolute Gasteiger partial charge is 0.342 e. The van der Waals surface area contributed by atoms with Crippen molar-refractivity contribution < 1.29 is 9.18 Å². The standard InChI is InChI=1S/C15H21FN2O/c1-3-18(2)15(19)13-8-12(9-14(16)10-13)11-4-6-17-7-5-11/h8-11,17H,3-7H2,1-2H3. The molecule has 0 aromatic heterocycles. The van der Waals surface area contributed by atoms with Gasteiger partial charge in [-0.25, -0.2) is 4.39 Å². The van der Waals surface area contributed by atoms with Gasteiger partial charge in [0.15, 0.2) is 0 Å². The van der Waals surface area contributed by atoms with Crippen molar-refractivity contribution in [3.63, 3.8) is 0 Å². The number of halogens is 1. The van der Waals surface area contributed by atoms with Gasteiger partial charge in [-0.3, -0.25) is 4.79 Å². The van der Waals surface area contributed by atoms with E-state index in [0.29, 0.717) is 18.0 Å². The van der Waals surface area contributed by atoms with Crippen molar-refractivity contribution in [1.82, 2.24) is 10.2 Å². The number of piperidine rings is 1. The molecule has 104 valence electrons. The summed E-state index contributed by atoms with van der Waals surface area (Å²) in [6.45, 7) is 4.45. The zero-order chi connectivity index (χ0) is 13.8. The zero-order valence-corrected chi connectivity index (χ0v) is 11.6. The molecule has 2 rings (SSSR count). The van der Waals surface area contributed by atoms with E-state index in [0.717, 1.165) is 31.5 Å². The van der Waals surface area contributed by atoms with Crippen LogP contribution in [-0.4, -0.2) is 37.5 Å². The maximum absolute atomic E-state index is 13.7. The van der Waals surface area contributed by atoms with Gasteiger partial charge >= 0.3 is 0 Å². The quantitative estimate of drug-likeness (QED) is 0.909. The number of amides is 1. The maximum Gasteiger partial charge on any atom is 0.253 e. The molecule has 0 saturated carbocycles. The third-order valence-electron chi connectivity index (χ3n) is 3.80. The second kappa shape index (κ2) is 6.15. The average molecular weight is 264 g/mol. The molecule has 1 aromatic carbocycles. The van der Waals surface area contributed by atoms with Crippen LogP contribution in [0.1, 0.15) is 41.6 Å². The summed E-state index contributed by atoms with van der Waals surface area (Å²) >= 11 is 0. The lowest BCUT2D eigenvalue weighted by Crippen LogP contribution is -2.28. The molecular formula is C15H21FN2O. The second-order valence-electron chi connectivity index (χ2n) is 5.12. The lowest BCUT2D eigenvalue weighted by atomic mass is 9.89. The molecule has 0 spiro atoms. The molecule has 1 aromatic rings. The minimum Gasteiger partial charge on any atom is -0.342 e. The molecule has 1 heterocycles. The topological polar surface area (TPSA) is 32.3 Å². The van der Waals surface area contributed by atoms with Crippen molar-refractivity contribution >= 4 is 5.91 Å². The van der Waals surface area contributed by atoms with Crippen LogP contribution in [-0.2, 0) is 0 Å². The van der Waals surface area contributed by atoms with E-state index in [9.17, 15) is 9.18 Å². The Labute approximate surface area is 113 Å². The molecule has 1 amide bonds. The summed E-state index contributed by atoms with van der Waals surface area (Å²) in [7, 11) is 1.73. The zero-order valence-electron chi connectivity index (χ0n) is 11.6. The number of benzene rings is 1. The molecule has 1 N–H and O–H groups in total. The maximum atomic E-state index is 13.7. The van der Waals surface area contributed by atoms with E-state index in [1.807, 2.05) is 13.0 Å². The average Bonchev–Trinajstić information content (AvgIpc) is 2.46. The van der Waals surface area contributed by atoms with Crippen molar-refractivity contribution in [1.29, 1.82) is 0 Å². The Morgan fingerprint density at radius 1 is 1.37 bits per heavy atom. The number of nitrogens with one attached hydrogen (secondary N) is 1. The van der Waals surface area contributed by atoms with Gasteiger partial charge < -0.3 is 10.2 Å². The van der Waals surface area contributed by atoms with Crippen LogP contribution in [0.4, 0.5) is 4.39 Å². The highest BCUT2D eigenvalue weighted by Crippen LogP contribution is 2.27. The van der Waals surface area contributed by atoms with E-state index >= 15 is 0 Å². The van der Waals surface area contributed by atoms with Crippen LogP contribution in [0, 0.1) is 5.82 Å². The Hall–Kier alpha value is -1.42. The van der Waals surface area contributed by atoms with E-state index in [4.69, 9.17) is 0 Å². The Balaban J connectivity index is 2.26. The summed E-state index contributed by atoms with van der Waals surface area (Å²) in [5.74, 6) is -0.0727. The minimum atomic E-state index is -0.316. The normalized spacial score (nSPS) is 16.4. The molecule has 3 nitrogen and oxygen atoms in total. The Kier molecular flexibility index (Phi) is 4.53.